The summed E-state index contributed by atoms with van der Waals surface area (Å²) < 4.78 is 5.87. The van der Waals surface area contributed by atoms with Crippen LogP contribution in [0, 0.1) is 0 Å². The van der Waals surface area contributed by atoms with Crippen LogP contribution < -0.4 is 10.2 Å². The van der Waals surface area contributed by atoms with E-state index in [4.69, 9.17) is 4.42 Å². The number of fused-ring (bicyclic) bond motifs is 1. The average molecular weight is 453 g/mol. The van der Waals surface area contributed by atoms with Crippen molar-refractivity contribution in [3.8, 4) is 0 Å². The molecule has 0 spiro atoms. The first-order valence-electron chi connectivity index (χ1n) is 11.0. The first kappa shape index (κ1) is 21.5. The lowest BCUT2D eigenvalue weighted by molar-refractivity contribution is -0.134. The van der Waals surface area contributed by atoms with Gasteiger partial charge < -0.3 is 14.6 Å². The lowest BCUT2D eigenvalue weighted by Gasteiger charge is -2.25. The molecular formula is C27H23N3O4. The maximum absolute atomic E-state index is 13.4. The van der Waals surface area contributed by atoms with Gasteiger partial charge in [0.2, 0.25) is 5.91 Å². The molecule has 7 nitrogen and oxygen atoms in total. The highest BCUT2D eigenvalue weighted by atomic mass is 16.3. The molecule has 1 N–H and O–H groups in total. The Hall–Kier alpha value is -4.39. The third kappa shape index (κ3) is 3.81. The molecule has 34 heavy (non-hydrogen) atoms. The Morgan fingerprint density at radius 3 is 2.29 bits per heavy atom. The Kier molecular flexibility index (Phi) is 5.37. The molecule has 4 amide bonds. The van der Waals surface area contributed by atoms with E-state index in [0.717, 1.165) is 15.8 Å². The van der Waals surface area contributed by atoms with Gasteiger partial charge in [0.25, 0.3) is 5.91 Å². The van der Waals surface area contributed by atoms with Gasteiger partial charge in [-0.3, -0.25) is 14.5 Å². The van der Waals surface area contributed by atoms with Crippen molar-refractivity contribution in [2.75, 3.05) is 11.4 Å². The number of benzene rings is 3. The minimum Gasteiger partial charge on any atom is -0.458 e. The van der Waals surface area contributed by atoms with Crippen LogP contribution in [0.15, 0.2) is 95.4 Å². The van der Waals surface area contributed by atoms with Gasteiger partial charge in [-0.15, -0.1) is 0 Å². The summed E-state index contributed by atoms with van der Waals surface area (Å²) in [5.74, 6) is -0.573. The molecule has 0 saturated carbocycles. The summed E-state index contributed by atoms with van der Waals surface area (Å²) in [6.07, 6.45) is 0. The molecule has 2 heterocycles. The number of para-hydroxylation sites is 2. The van der Waals surface area contributed by atoms with Gasteiger partial charge in [-0.25, -0.2) is 4.79 Å². The molecule has 1 aliphatic rings. The van der Waals surface area contributed by atoms with E-state index in [0.29, 0.717) is 23.6 Å². The molecule has 170 valence electrons. The van der Waals surface area contributed by atoms with Crippen LogP contribution in [-0.4, -0.2) is 29.3 Å². The van der Waals surface area contributed by atoms with Crippen molar-refractivity contribution in [2.45, 2.75) is 19.0 Å². The molecule has 1 fully saturated rings. The van der Waals surface area contributed by atoms with Crippen LogP contribution in [0.4, 0.5) is 10.5 Å². The Morgan fingerprint density at radius 1 is 0.941 bits per heavy atom. The molecule has 1 unspecified atom stereocenters. The number of urea groups is 1. The topological polar surface area (TPSA) is 82.9 Å². The lowest BCUT2D eigenvalue weighted by Crippen LogP contribution is -2.44. The summed E-state index contributed by atoms with van der Waals surface area (Å²) in [5, 5.41) is 3.54. The van der Waals surface area contributed by atoms with E-state index in [-0.39, 0.29) is 12.5 Å². The SMILES string of the molecule is CC1(c2cc3ccccc3o2)NC(=O)N(CC(=O)N(Cc2ccccc2)c2ccccc2)C1=O. The van der Waals surface area contributed by atoms with E-state index in [9.17, 15) is 14.4 Å². The van der Waals surface area contributed by atoms with Crippen LogP contribution >= 0.6 is 0 Å². The zero-order chi connectivity index (χ0) is 23.7. The Labute approximate surface area is 196 Å². The molecule has 4 aromatic rings. The van der Waals surface area contributed by atoms with Crippen LogP contribution in [-0.2, 0) is 21.7 Å². The molecule has 5 rings (SSSR count). The fourth-order valence-electron chi connectivity index (χ4n) is 4.15. The molecular weight excluding hydrogens is 430 g/mol. The van der Waals surface area contributed by atoms with Crippen molar-refractivity contribution >= 4 is 34.5 Å². The third-order valence-electron chi connectivity index (χ3n) is 6.04. The number of furan rings is 1. The molecule has 1 atom stereocenters. The summed E-state index contributed by atoms with van der Waals surface area (Å²) in [6, 6.07) is 27.2. The maximum atomic E-state index is 13.4. The van der Waals surface area contributed by atoms with E-state index in [1.54, 1.807) is 24.0 Å². The van der Waals surface area contributed by atoms with Crippen molar-refractivity contribution in [1.29, 1.82) is 0 Å². The van der Waals surface area contributed by atoms with Crippen molar-refractivity contribution in [1.82, 2.24) is 10.2 Å². The number of amides is 4. The van der Waals surface area contributed by atoms with Gasteiger partial charge in [0.1, 0.15) is 17.9 Å². The van der Waals surface area contributed by atoms with Gasteiger partial charge in [-0.1, -0.05) is 66.7 Å². The average Bonchev–Trinajstić information content (AvgIpc) is 3.39. The number of nitrogens with one attached hydrogen (secondary N) is 1. The molecule has 0 aliphatic carbocycles. The fourth-order valence-corrected chi connectivity index (χ4v) is 4.15. The van der Waals surface area contributed by atoms with Crippen molar-refractivity contribution in [3.63, 3.8) is 0 Å². The van der Waals surface area contributed by atoms with E-state index in [1.807, 2.05) is 78.9 Å². The Balaban J connectivity index is 1.41. The predicted molar refractivity (Wildman–Crippen MR) is 128 cm³/mol. The van der Waals surface area contributed by atoms with Crippen LogP contribution in [0.25, 0.3) is 11.0 Å². The van der Waals surface area contributed by atoms with E-state index >= 15 is 0 Å². The summed E-state index contributed by atoms with van der Waals surface area (Å²) in [4.78, 5) is 42.1. The number of imide groups is 1. The number of hydrogen-bond acceptors (Lipinski definition) is 4. The summed E-state index contributed by atoms with van der Waals surface area (Å²) in [6.45, 7) is 1.52. The highest BCUT2D eigenvalue weighted by Crippen LogP contribution is 2.33. The zero-order valence-corrected chi connectivity index (χ0v) is 18.6. The second kappa shape index (κ2) is 8.51. The van der Waals surface area contributed by atoms with Gasteiger partial charge in [0, 0.05) is 11.1 Å². The van der Waals surface area contributed by atoms with Crippen LogP contribution in [0.2, 0.25) is 0 Å². The van der Waals surface area contributed by atoms with Gasteiger partial charge >= 0.3 is 6.03 Å². The van der Waals surface area contributed by atoms with E-state index in [2.05, 4.69) is 5.32 Å². The Bertz CT molecular complexity index is 1330. The van der Waals surface area contributed by atoms with Gasteiger partial charge in [-0.2, -0.15) is 0 Å². The predicted octanol–water partition coefficient (Wildman–Crippen LogP) is 4.43. The summed E-state index contributed by atoms with van der Waals surface area (Å²) in [7, 11) is 0. The maximum Gasteiger partial charge on any atom is 0.325 e. The molecule has 1 aliphatic heterocycles. The van der Waals surface area contributed by atoms with Crippen LogP contribution in [0.1, 0.15) is 18.2 Å². The first-order valence-corrected chi connectivity index (χ1v) is 11.0. The number of nitrogens with zero attached hydrogens (tertiary/aromatic N) is 2. The van der Waals surface area contributed by atoms with Crippen molar-refractivity contribution < 1.29 is 18.8 Å². The summed E-state index contributed by atoms with van der Waals surface area (Å²) in [5.41, 5.74) is 0.841. The van der Waals surface area contributed by atoms with Crippen molar-refractivity contribution in [2.24, 2.45) is 0 Å². The molecule has 0 bridgehead atoms. The van der Waals surface area contributed by atoms with Crippen LogP contribution in [0.3, 0.4) is 0 Å². The number of carbonyl (C=O) groups excluding carboxylic acids is 3. The second-order valence-corrected chi connectivity index (χ2v) is 8.40. The molecule has 3 aromatic carbocycles. The highest BCUT2D eigenvalue weighted by Gasteiger charge is 2.52. The highest BCUT2D eigenvalue weighted by molar-refractivity contribution is 6.10. The van der Waals surface area contributed by atoms with Gasteiger partial charge in [-0.05, 0) is 36.8 Å². The second-order valence-electron chi connectivity index (χ2n) is 8.40. The molecule has 1 aromatic heterocycles. The monoisotopic (exact) mass is 453 g/mol. The quantitative estimate of drug-likeness (QED) is 0.438. The smallest absolute Gasteiger partial charge is 0.325 e. The largest absolute Gasteiger partial charge is 0.458 e. The van der Waals surface area contributed by atoms with Gasteiger partial charge in [0.05, 0.1) is 6.54 Å². The fraction of sp³-hybridized carbons (Fsp3) is 0.148. The molecule has 7 heteroatoms. The minimum atomic E-state index is -1.40. The van der Waals surface area contributed by atoms with Crippen LogP contribution in [0.5, 0.6) is 0 Å². The number of carbonyl (C=O) groups is 3. The normalized spacial score (nSPS) is 17.7. The number of rotatable bonds is 6. The summed E-state index contributed by atoms with van der Waals surface area (Å²) >= 11 is 0. The first-order chi connectivity index (χ1) is 16.5. The lowest BCUT2D eigenvalue weighted by atomic mass is 9.99. The number of hydrogen-bond donors (Lipinski definition) is 1. The molecule has 1 saturated heterocycles. The van der Waals surface area contributed by atoms with E-state index < -0.39 is 17.5 Å². The van der Waals surface area contributed by atoms with E-state index in [1.165, 1.54) is 0 Å². The standard InChI is InChI=1S/C27H23N3O4/c1-27(23-16-20-12-8-9-15-22(20)34-23)25(32)30(26(33)28-27)18-24(31)29(21-13-6-3-7-14-21)17-19-10-4-2-5-11-19/h2-16H,17-18H2,1H3,(H,28,33). The number of anilines is 1. The molecule has 0 radical (unpaired) electrons. The van der Waals surface area contributed by atoms with Gasteiger partial charge in [0.15, 0.2) is 5.54 Å². The third-order valence-corrected chi connectivity index (χ3v) is 6.04. The Morgan fingerprint density at radius 2 is 1.59 bits per heavy atom. The zero-order valence-electron chi connectivity index (χ0n) is 18.6. The van der Waals surface area contributed by atoms with Crippen molar-refractivity contribution in [3.05, 3.63) is 102 Å². The minimum absolute atomic E-state index is 0.314.